The number of ether oxygens (including phenoxy) is 2. The van der Waals surface area contributed by atoms with Crippen molar-refractivity contribution in [2.24, 2.45) is 11.8 Å². The molecule has 2 atom stereocenters. The van der Waals surface area contributed by atoms with Crippen molar-refractivity contribution in [2.45, 2.75) is 105 Å². The molecule has 0 saturated carbocycles. The molecule has 56 heavy (non-hydrogen) atoms. The van der Waals surface area contributed by atoms with E-state index >= 15 is 0 Å². The number of anilines is 6. The molecule has 300 valence electrons. The zero-order chi connectivity index (χ0) is 40.5. The van der Waals surface area contributed by atoms with Crippen LogP contribution in [0.25, 0.3) is 0 Å². The van der Waals surface area contributed by atoms with Crippen molar-refractivity contribution in [3.05, 3.63) is 89.5 Å². The highest BCUT2D eigenvalue weighted by molar-refractivity contribution is 5.97. The standard InChI is InChI=1S/C44H59N7O5/c1-8-12-18-30(10-3)28-55-39(53)34-20-14-16-22-36(34)46-42-48-41(45-33-26-24-32(25-27-33)38(52)51-44(5,6)7)49-43(50-42)47-37-23-17-15-21-35(37)40(54)56-29-31(11-4)19-13-9-2/h14-17,20-27,30-31H,8-13,18-19,28-29H2,1-7H3,(H,51,52)(H3,45,46,47,48,49,50). The summed E-state index contributed by atoms with van der Waals surface area (Å²) in [5.74, 6) is -0.0738. The fraction of sp³-hybridized carbons (Fsp3) is 0.455. The molecule has 1 heterocycles. The molecule has 4 N–H and O–H groups in total. The number of esters is 2. The van der Waals surface area contributed by atoms with E-state index in [-0.39, 0.29) is 29.3 Å². The quantitative estimate of drug-likeness (QED) is 0.0599. The van der Waals surface area contributed by atoms with Crippen LogP contribution in [-0.4, -0.2) is 51.6 Å². The largest absolute Gasteiger partial charge is 0.462 e. The summed E-state index contributed by atoms with van der Waals surface area (Å²) in [7, 11) is 0. The number of aromatic nitrogens is 3. The van der Waals surface area contributed by atoms with Gasteiger partial charge < -0.3 is 30.7 Å². The summed E-state index contributed by atoms with van der Waals surface area (Å²) in [5.41, 5.74) is 2.32. The van der Waals surface area contributed by atoms with E-state index in [4.69, 9.17) is 9.47 Å². The first-order chi connectivity index (χ1) is 26.9. The molecule has 0 aliphatic carbocycles. The number of hydrogen-bond acceptors (Lipinski definition) is 11. The Morgan fingerprint density at radius 2 is 1.04 bits per heavy atom. The number of hydrogen-bond donors (Lipinski definition) is 4. The summed E-state index contributed by atoms with van der Waals surface area (Å²) in [5, 5.41) is 12.6. The maximum Gasteiger partial charge on any atom is 0.340 e. The first-order valence-electron chi connectivity index (χ1n) is 19.9. The van der Waals surface area contributed by atoms with Crippen molar-refractivity contribution in [2.75, 3.05) is 29.2 Å². The highest BCUT2D eigenvalue weighted by Gasteiger charge is 2.20. The number of carbonyl (C=O) groups excluding carboxylic acids is 3. The van der Waals surface area contributed by atoms with Crippen LogP contribution in [-0.2, 0) is 9.47 Å². The maximum absolute atomic E-state index is 13.4. The Morgan fingerprint density at radius 3 is 1.45 bits per heavy atom. The smallest absolute Gasteiger partial charge is 0.340 e. The summed E-state index contributed by atoms with van der Waals surface area (Å²) in [4.78, 5) is 53.4. The summed E-state index contributed by atoms with van der Waals surface area (Å²) in [6, 6.07) is 21.0. The molecule has 1 aromatic heterocycles. The van der Waals surface area contributed by atoms with Gasteiger partial charge >= 0.3 is 11.9 Å². The predicted molar refractivity (Wildman–Crippen MR) is 223 cm³/mol. The van der Waals surface area contributed by atoms with E-state index < -0.39 is 11.9 Å². The molecule has 3 aromatic carbocycles. The lowest BCUT2D eigenvalue weighted by Gasteiger charge is -2.20. The molecule has 0 bridgehead atoms. The summed E-state index contributed by atoms with van der Waals surface area (Å²) in [6.07, 6.45) is 8.20. The Balaban J connectivity index is 1.63. The second-order valence-corrected chi connectivity index (χ2v) is 15.1. The maximum atomic E-state index is 13.4. The van der Waals surface area contributed by atoms with Gasteiger partial charge in [0.25, 0.3) is 5.91 Å². The van der Waals surface area contributed by atoms with Crippen LogP contribution < -0.4 is 21.3 Å². The molecular formula is C44H59N7O5. The minimum Gasteiger partial charge on any atom is -0.462 e. The fourth-order valence-corrected chi connectivity index (χ4v) is 5.91. The minimum atomic E-state index is -0.447. The van der Waals surface area contributed by atoms with Gasteiger partial charge in [-0.3, -0.25) is 4.79 Å². The number of rotatable bonds is 21. The second-order valence-electron chi connectivity index (χ2n) is 15.1. The van der Waals surface area contributed by atoms with Gasteiger partial charge in [-0.15, -0.1) is 0 Å². The summed E-state index contributed by atoms with van der Waals surface area (Å²) < 4.78 is 11.6. The van der Waals surface area contributed by atoms with Gasteiger partial charge in [0.2, 0.25) is 17.8 Å². The number of unbranched alkanes of at least 4 members (excludes halogenated alkanes) is 2. The third-order valence-electron chi connectivity index (χ3n) is 9.30. The van der Waals surface area contributed by atoms with E-state index in [1.165, 1.54) is 0 Å². The lowest BCUT2D eigenvalue weighted by Crippen LogP contribution is -2.40. The SMILES string of the molecule is CCCCC(CC)COC(=O)c1ccccc1Nc1nc(Nc2ccc(C(=O)NC(C)(C)C)cc2)nc(Nc2ccccc2C(=O)OCC(CC)CCCC)n1. The summed E-state index contributed by atoms with van der Waals surface area (Å²) in [6.45, 7) is 15.0. The average Bonchev–Trinajstić information content (AvgIpc) is 3.18. The zero-order valence-electron chi connectivity index (χ0n) is 34.0. The van der Waals surface area contributed by atoms with Gasteiger partial charge in [0, 0.05) is 16.8 Å². The molecule has 0 spiro atoms. The highest BCUT2D eigenvalue weighted by Crippen LogP contribution is 2.26. The van der Waals surface area contributed by atoms with Gasteiger partial charge in [0.05, 0.1) is 35.7 Å². The predicted octanol–water partition coefficient (Wildman–Crippen LogP) is 10.4. The fourth-order valence-electron chi connectivity index (χ4n) is 5.91. The lowest BCUT2D eigenvalue weighted by atomic mass is 10.0. The number of nitrogens with zero attached hydrogens (tertiary/aromatic N) is 3. The highest BCUT2D eigenvalue weighted by atomic mass is 16.5. The number of amides is 1. The molecule has 0 aliphatic rings. The van der Waals surface area contributed by atoms with Crippen LogP contribution in [0.3, 0.4) is 0 Å². The van der Waals surface area contributed by atoms with Crippen molar-refractivity contribution in [3.8, 4) is 0 Å². The molecule has 0 fully saturated rings. The number of benzene rings is 3. The molecule has 0 aliphatic heterocycles. The summed E-state index contributed by atoms with van der Waals surface area (Å²) >= 11 is 0. The van der Waals surface area contributed by atoms with E-state index in [1.54, 1.807) is 72.8 Å². The molecule has 4 aromatic rings. The van der Waals surface area contributed by atoms with Crippen LogP contribution in [0.15, 0.2) is 72.8 Å². The van der Waals surface area contributed by atoms with Crippen molar-refractivity contribution in [3.63, 3.8) is 0 Å². The third-order valence-corrected chi connectivity index (χ3v) is 9.30. The van der Waals surface area contributed by atoms with Gasteiger partial charge in [-0.05, 0) is 94.0 Å². The van der Waals surface area contributed by atoms with Crippen molar-refractivity contribution < 1.29 is 23.9 Å². The van der Waals surface area contributed by atoms with E-state index in [0.29, 0.717) is 58.8 Å². The molecule has 12 heteroatoms. The van der Waals surface area contributed by atoms with Crippen LogP contribution in [0, 0.1) is 11.8 Å². The first-order valence-corrected chi connectivity index (χ1v) is 19.9. The van der Waals surface area contributed by atoms with Crippen LogP contribution in [0.2, 0.25) is 0 Å². The van der Waals surface area contributed by atoms with Gasteiger partial charge in [0.15, 0.2) is 0 Å². The van der Waals surface area contributed by atoms with Crippen molar-refractivity contribution in [1.82, 2.24) is 20.3 Å². The number of nitrogens with one attached hydrogen (secondary N) is 4. The molecular weight excluding hydrogens is 707 g/mol. The Hall–Kier alpha value is -5.52. The Kier molecular flexibility index (Phi) is 16.6. The topological polar surface area (TPSA) is 156 Å². The Morgan fingerprint density at radius 1 is 0.607 bits per heavy atom. The number of carbonyl (C=O) groups is 3. The van der Waals surface area contributed by atoms with Gasteiger partial charge in [-0.2, -0.15) is 15.0 Å². The normalized spacial score (nSPS) is 12.3. The Labute approximate surface area is 332 Å². The van der Waals surface area contributed by atoms with Crippen molar-refractivity contribution >= 4 is 52.8 Å². The third kappa shape index (κ3) is 13.6. The number of para-hydroxylation sites is 2. The van der Waals surface area contributed by atoms with E-state index in [1.807, 2.05) is 20.8 Å². The van der Waals surface area contributed by atoms with Crippen LogP contribution in [0.1, 0.15) is 131 Å². The molecule has 0 radical (unpaired) electrons. The first kappa shape index (κ1) is 43.2. The van der Waals surface area contributed by atoms with E-state index in [2.05, 4.69) is 63.9 Å². The lowest BCUT2D eigenvalue weighted by molar-refractivity contribution is 0.0420. The average molecular weight is 766 g/mol. The minimum absolute atomic E-state index is 0.127. The monoisotopic (exact) mass is 765 g/mol. The molecule has 12 nitrogen and oxygen atoms in total. The van der Waals surface area contributed by atoms with Crippen LogP contribution in [0.5, 0.6) is 0 Å². The van der Waals surface area contributed by atoms with Crippen molar-refractivity contribution in [1.29, 1.82) is 0 Å². The Bertz CT molecular complexity index is 1780. The van der Waals surface area contributed by atoms with Gasteiger partial charge in [-0.25, -0.2) is 9.59 Å². The zero-order valence-corrected chi connectivity index (χ0v) is 34.0. The van der Waals surface area contributed by atoms with E-state index in [0.717, 1.165) is 51.4 Å². The van der Waals surface area contributed by atoms with Crippen LogP contribution in [0.4, 0.5) is 34.9 Å². The second kappa shape index (κ2) is 21.5. The van der Waals surface area contributed by atoms with Crippen LogP contribution >= 0.6 is 0 Å². The molecule has 2 unspecified atom stereocenters. The molecule has 0 saturated heterocycles. The van der Waals surface area contributed by atoms with E-state index in [9.17, 15) is 14.4 Å². The molecule has 4 rings (SSSR count). The van der Waals surface area contributed by atoms with Gasteiger partial charge in [-0.1, -0.05) is 90.5 Å². The van der Waals surface area contributed by atoms with Gasteiger partial charge in [0.1, 0.15) is 0 Å². The molecule has 1 amide bonds.